The summed E-state index contributed by atoms with van der Waals surface area (Å²) in [6.45, 7) is 3.48. The van der Waals surface area contributed by atoms with Crippen molar-refractivity contribution in [2.24, 2.45) is 5.92 Å². The summed E-state index contributed by atoms with van der Waals surface area (Å²) >= 11 is 0. The third kappa shape index (κ3) is 5.45. The molecule has 2 aromatic rings. The van der Waals surface area contributed by atoms with Crippen molar-refractivity contribution in [3.05, 3.63) is 59.2 Å². The zero-order valence-electron chi connectivity index (χ0n) is 17.1. The first kappa shape index (κ1) is 22.8. The van der Waals surface area contributed by atoms with Crippen LogP contribution in [0.4, 0.5) is 14.5 Å². The number of carbonyl (C=O) groups is 2. The van der Waals surface area contributed by atoms with Gasteiger partial charge in [-0.25, -0.2) is 21.9 Å². The molecule has 1 aliphatic rings. The molecule has 1 saturated heterocycles. The molecule has 1 fully saturated rings. The van der Waals surface area contributed by atoms with E-state index >= 15 is 0 Å². The van der Waals surface area contributed by atoms with Crippen LogP contribution in [0.1, 0.15) is 17.5 Å². The van der Waals surface area contributed by atoms with Crippen LogP contribution in [-0.4, -0.2) is 39.9 Å². The number of hydrogen-bond donors (Lipinski definition) is 2. The van der Waals surface area contributed by atoms with Gasteiger partial charge in [-0.1, -0.05) is 12.1 Å². The van der Waals surface area contributed by atoms with Gasteiger partial charge in [0, 0.05) is 37.8 Å². The number of rotatable bonds is 7. The fraction of sp³-hybridized carbons (Fsp3) is 0.333. The highest BCUT2D eigenvalue weighted by molar-refractivity contribution is 7.89. The van der Waals surface area contributed by atoms with Crippen molar-refractivity contribution in [1.29, 1.82) is 0 Å². The molecule has 7 nitrogen and oxygen atoms in total. The number of hydrogen-bond acceptors (Lipinski definition) is 4. The summed E-state index contributed by atoms with van der Waals surface area (Å²) in [6, 6.07) is 7.88. The van der Waals surface area contributed by atoms with Crippen molar-refractivity contribution in [3.63, 3.8) is 0 Å². The highest BCUT2D eigenvalue weighted by atomic mass is 32.2. The van der Waals surface area contributed by atoms with Crippen LogP contribution in [0.3, 0.4) is 0 Å². The van der Waals surface area contributed by atoms with E-state index in [9.17, 15) is 26.8 Å². The van der Waals surface area contributed by atoms with E-state index in [4.69, 9.17) is 0 Å². The Bertz CT molecular complexity index is 1100. The van der Waals surface area contributed by atoms with Crippen molar-refractivity contribution < 1.29 is 26.8 Å². The van der Waals surface area contributed by atoms with Gasteiger partial charge in [0.1, 0.15) is 11.6 Å². The lowest BCUT2D eigenvalue weighted by atomic mass is 10.1. The number of amides is 2. The molecule has 0 saturated carbocycles. The Morgan fingerprint density at radius 3 is 2.45 bits per heavy atom. The Kier molecular flexibility index (Phi) is 6.71. The number of halogens is 2. The SMILES string of the molecule is Cc1ccc(C)c(S(=O)(=O)NCCNC(=O)C2CC(=O)N(c3cc(F)cc(F)c3)C2)c1. The predicted octanol–water partition coefficient (Wildman–Crippen LogP) is 2.03. The van der Waals surface area contributed by atoms with Gasteiger partial charge < -0.3 is 10.2 Å². The van der Waals surface area contributed by atoms with Crippen molar-refractivity contribution in [2.75, 3.05) is 24.5 Å². The molecule has 0 aromatic heterocycles. The van der Waals surface area contributed by atoms with Gasteiger partial charge in [-0.3, -0.25) is 9.59 Å². The standard InChI is InChI=1S/C21H23F2N3O4S/c1-13-3-4-14(2)19(7-13)31(29,30)25-6-5-24-21(28)15-8-20(27)26(12-15)18-10-16(22)9-17(23)11-18/h3-4,7,9-11,15,25H,5-6,8,12H2,1-2H3,(H,24,28). The average Bonchev–Trinajstić information content (AvgIpc) is 3.08. The molecular weight excluding hydrogens is 428 g/mol. The second-order valence-electron chi connectivity index (χ2n) is 7.49. The van der Waals surface area contributed by atoms with E-state index < -0.39 is 39.4 Å². The molecule has 10 heteroatoms. The molecule has 1 heterocycles. The van der Waals surface area contributed by atoms with Gasteiger partial charge in [0.25, 0.3) is 0 Å². The first-order chi connectivity index (χ1) is 14.6. The summed E-state index contributed by atoms with van der Waals surface area (Å²) in [7, 11) is -3.73. The summed E-state index contributed by atoms with van der Waals surface area (Å²) in [5.74, 6) is -3.17. The van der Waals surface area contributed by atoms with Gasteiger partial charge in [-0.05, 0) is 43.2 Å². The number of nitrogens with zero attached hydrogens (tertiary/aromatic N) is 1. The van der Waals surface area contributed by atoms with E-state index in [-0.39, 0.29) is 36.6 Å². The Balaban J connectivity index is 1.53. The van der Waals surface area contributed by atoms with Crippen LogP contribution in [0, 0.1) is 31.4 Å². The fourth-order valence-corrected chi connectivity index (χ4v) is 4.78. The zero-order valence-corrected chi connectivity index (χ0v) is 17.9. The second-order valence-corrected chi connectivity index (χ2v) is 9.23. The van der Waals surface area contributed by atoms with E-state index in [2.05, 4.69) is 10.0 Å². The van der Waals surface area contributed by atoms with Gasteiger partial charge >= 0.3 is 0 Å². The summed E-state index contributed by atoms with van der Waals surface area (Å²) in [5.41, 5.74) is 1.48. The highest BCUT2D eigenvalue weighted by Crippen LogP contribution is 2.26. The lowest BCUT2D eigenvalue weighted by Gasteiger charge is -2.17. The maximum Gasteiger partial charge on any atom is 0.240 e. The predicted molar refractivity (Wildman–Crippen MR) is 111 cm³/mol. The Morgan fingerprint density at radius 2 is 1.77 bits per heavy atom. The minimum atomic E-state index is -3.73. The summed E-state index contributed by atoms with van der Waals surface area (Å²) in [5, 5.41) is 2.60. The monoisotopic (exact) mass is 451 g/mol. The van der Waals surface area contributed by atoms with Gasteiger partial charge in [-0.2, -0.15) is 0 Å². The molecule has 2 aromatic carbocycles. The summed E-state index contributed by atoms with van der Waals surface area (Å²) < 4.78 is 54.2. The number of benzene rings is 2. The summed E-state index contributed by atoms with van der Waals surface area (Å²) in [6.07, 6.45) is -0.0990. The van der Waals surface area contributed by atoms with Crippen LogP contribution >= 0.6 is 0 Å². The van der Waals surface area contributed by atoms with Crippen LogP contribution in [0.5, 0.6) is 0 Å². The van der Waals surface area contributed by atoms with Gasteiger partial charge in [-0.15, -0.1) is 0 Å². The maximum absolute atomic E-state index is 13.4. The van der Waals surface area contributed by atoms with Crippen molar-refractivity contribution in [2.45, 2.75) is 25.2 Å². The quantitative estimate of drug-likeness (QED) is 0.630. The number of carbonyl (C=O) groups excluding carboxylic acids is 2. The van der Waals surface area contributed by atoms with Gasteiger partial charge in [0.2, 0.25) is 21.8 Å². The van der Waals surface area contributed by atoms with E-state index in [1.54, 1.807) is 26.0 Å². The van der Waals surface area contributed by atoms with Crippen LogP contribution in [-0.2, 0) is 19.6 Å². The molecule has 31 heavy (non-hydrogen) atoms. The molecule has 1 atom stereocenters. The number of sulfonamides is 1. The Hall–Kier alpha value is -2.85. The second kappa shape index (κ2) is 9.11. The molecule has 3 rings (SSSR count). The van der Waals surface area contributed by atoms with E-state index in [1.807, 2.05) is 6.07 Å². The smallest absolute Gasteiger partial charge is 0.240 e. The Morgan fingerprint density at radius 1 is 1.10 bits per heavy atom. The molecular formula is C21H23F2N3O4S. The average molecular weight is 451 g/mol. The Labute approximate surface area is 179 Å². The summed E-state index contributed by atoms with van der Waals surface area (Å²) in [4.78, 5) is 25.9. The van der Waals surface area contributed by atoms with Crippen molar-refractivity contribution >= 4 is 27.5 Å². The van der Waals surface area contributed by atoms with Gasteiger partial charge in [0.15, 0.2) is 0 Å². The molecule has 0 radical (unpaired) electrons. The highest BCUT2D eigenvalue weighted by Gasteiger charge is 2.35. The lowest BCUT2D eigenvalue weighted by molar-refractivity contribution is -0.126. The molecule has 0 aliphatic carbocycles. The topological polar surface area (TPSA) is 95.6 Å². The van der Waals surface area contributed by atoms with E-state index in [1.165, 1.54) is 4.90 Å². The van der Waals surface area contributed by atoms with E-state index in [0.717, 1.165) is 17.7 Å². The first-order valence-corrected chi connectivity index (χ1v) is 11.2. The number of aryl methyl sites for hydroxylation is 2. The van der Waals surface area contributed by atoms with E-state index in [0.29, 0.717) is 11.6 Å². The fourth-order valence-electron chi connectivity index (χ4n) is 3.42. The minimum Gasteiger partial charge on any atom is -0.354 e. The first-order valence-electron chi connectivity index (χ1n) is 9.68. The normalized spacial score (nSPS) is 16.6. The molecule has 0 spiro atoms. The van der Waals surface area contributed by atoms with Gasteiger partial charge in [0.05, 0.1) is 10.8 Å². The third-order valence-electron chi connectivity index (χ3n) is 5.00. The van der Waals surface area contributed by atoms with Crippen molar-refractivity contribution in [3.8, 4) is 0 Å². The molecule has 0 bridgehead atoms. The molecule has 166 valence electrons. The maximum atomic E-state index is 13.4. The molecule has 1 unspecified atom stereocenters. The largest absolute Gasteiger partial charge is 0.354 e. The van der Waals surface area contributed by atoms with Crippen LogP contribution < -0.4 is 14.9 Å². The minimum absolute atomic E-state index is 0.0121. The van der Waals surface area contributed by atoms with Crippen molar-refractivity contribution in [1.82, 2.24) is 10.0 Å². The number of anilines is 1. The zero-order chi connectivity index (χ0) is 22.8. The molecule has 2 amide bonds. The molecule has 2 N–H and O–H groups in total. The number of nitrogens with one attached hydrogen (secondary N) is 2. The molecule has 1 aliphatic heterocycles. The van der Waals surface area contributed by atoms with Crippen LogP contribution in [0.15, 0.2) is 41.3 Å². The lowest BCUT2D eigenvalue weighted by Crippen LogP contribution is -2.38. The van der Waals surface area contributed by atoms with Crippen LogP contribution in [0.25, 0.3) is 0 Å². The van der Waals surface area contributed by atoms with Crippen LogP contribution in [0.2, 0.25) is 0 Å². The third-order valence-corrected chi connectivity index (χ3v) is 6.61.